The van der Waals surface area contributed by atoms with E-state index in [2.05, 4.69) is 155 Å². The fraction of sp³-hybridized carbons (Fsp3) is 0.0750. The zero-order chi connectivity index (χ0) is 29.0. The lowest BCUT2D eigenvalue weighted by Gasteiger charge is -2.27. The van der Waals surface area contributed by atoms with Crippen molar-refractivity contribution in [3.63, 3.8) is 0 Å². The van der Waals surface area contributed by atoms with Crippen LogP contribution in [0.15, 0.2) is 168 Å². The van der Waals surface area contributed by atoms with Gasteiger partial charge in [-0.3, -0.25) is 0 Å². The highest BCUT2D eigenvalue weighted by atomic mass is 35.5. The average Bonchev–Trinajstić information content (AvgIpc) is 3.08. The molecular weight excluding hydrogens is 544 g/mol. The largest absolute Gasteiger partial charge is 0.317 e. The number of nitrogens with zero attached hydrogens (tertiary/aromatic N) is 2. The maximum atomic E-state index is 7.06. The maximum absolute atomic E-state index is 7.06. The van der Waals surface area contributed by atoms with Crippen molar-refractivity contribution in [3.8, 4) is 5.69 Å². The lowest BCUT2D eigenvalue weighted by molar-refractivity contribution is -0.567. The van der Waals surface area contributed by atoms with Crippen molar-refractivity contribution in [2.45, 2.75) is 19.3 Å². The normalized spacial score (nSPS) is 16.9. The topological polar surface area (TPSA) is 7.12 Å². The predicted octanol–water partition coefficient (Wildman–Crippen LogP) is 10.5. The molecule has 0 saturated carbocycles. The summed E-state index contributed by atoms with van der Waals surface area (Å²) in [7, 11) is 0. The minimum Gasteiger partial charge on any atom is -0.317 e. The molecule has 0 spiro atoms. The molecule has 2 aliphatic rings. The van der Waals surface area contributed by atoms with Crippen LogP contribution in [0, 0.1) is 0 Å². The summed E-state index contributed by atoms with van der Waals surface area (Å²) in [6, 6.07) is 40.3. The average molecular weight is 576 g/mol. The molecule has 1 aromatic heterocycles. The van der Waals surface area contributed by atoms with Crippen molar-refractivity contribution < 1.29 is 4.57 Å². The number of fused-ring (bicyclic) bond motifs is 2. The summed E-state index contributed by atoms with van der Waals surface area (Å²) >= 11 is 7.06. The third-order valence-electron chi connectivity index (χ3n) is 8.21. The zero-order valence-electron chi connectivity index (χ0n) is 23.9. The quantitative estimate of drug-likeness (QED) is 0.189. The van der Waals surface area contributed by atoms with Crippen molar-refractivity contribution in [1.82, 2.24) is 0 Å². The van der Waals surface area contributed by atoms with E-state index in [1.807, 2.05) is 12.1 Å². The van der Waals surface area contributed by atoms with Gasteiger partial charge in [0.05, 0.1) is 11.1 Å². The molecular formula is C40H32ClN2+. The molecule has 5 aromatic rings. The molecule has 1 aliphatic heterocycles. The molecule has 0 unspecified atom stereocenters. The first kappa shape index (κ1) is 26.9. The molecule has 0 bridgehead atoms. The van der Waals surface area contributed by atoms with Gasteiger partial charge in [-0.25, -0.2) is 0 Å². The summed E-state index contributed by atoms with van der Waals surface area (Å²) in [6.07, 6.45) is 18.4. The van der Waals surface area contributed by atoms with Crippen LogP contribution in [-0.4, -0.2) is 0 Å². The van der Waals surface area contributed by atoms with E-state index in [9.17, 15) is 0 Å². The van der Waals surface area contributed by atoms with Crippen LogP contribution in [0.3, 0.4) is 0 Å². The van der Waals surface area contributed by atoms with Crippen molar-refractivity contribution in [1.29, 1.82) is 0 Å². The second kappa shape index (κ2) is 12.1. The molecule has 208 valence electrons. The summed E-state index contributed by atoms with van der Waals surface area (Å²) < 4.78 is 2.24. The van der Waals surface area contributed by atoms with Gasteiger partial charge >= 0.3 is 0 Å². The Morgan fingerprint density at radius 2 is 1.44 bits per heavy atom. The Labute approximate surface area is 258 Å². The first-order valence-corrected chi connectivity index (χ1v) is 15.2. The number of aromatic nitrogens is 1. The molecule has 0 amide bonds. The molecule has 2 nitrogen and oxygen atoms in total. The van der Waals surface area contributed by atoms with E-state index in [0.717, 1.165) is 35.7 Å². The molecule has 2 heterocycles. The van der Waals surface area contributed by atoms with Gasteiger partial charge in [-0.15, -0.1) is 0 Å². The number of halogens is 1. The number of hydrogen-bond acceptors (Lipinski definition) is 1. The van der Waals surface area contributed by atoms with Crippen molar-refractivity contribution in [2.75, 3.05) is 4.90 Å². The van der Waals surface area contributed by atoms with Gasteiger partial charge in [0, 0.05) is 46.7 Å². The van der Waals surface area contributed by atoms with Crippen LogP contribution in [0.2, 0.25) is 0 Å². The second-order valence-corrected chi connectivity index (χ2v) is 11.3. The Kier molecular flexibility index (Phi) is 7.60. The third kappa shape index (κ3) is 5.50. The molecule has 0 saturated heterocycles. The van der Waals surface area contributed by atoms with Gasteiger partial charge in [-0.1, -0.05) is 103 Å². The van der Waals surface area contributed by atoms with E-state index in [1.165, 1.54) is 44.4 Å². The SMILES string of the molecule is ClC1=C(/C=C/c2cc[n+](-c3ccccc3)c3ccccc23)CCC/C1=C\C=C1/C=CN(c2ccccc2)c2ccccc21. The van der Waals surface area contributed by atoms with Gasteiger partial charge in [-0.05, 0) is 71.9 Å². The van der Waals surface area contributed by atoms with Crippen LogP contribution in [-0.2, 0) is 0 Å². The molecule has 4 aromatic carbocycles. The first-order chi connectivity index (χ1) is 21.3. The third-order valence-corrected chi connectivity index (χ3v) is 8.69. The van der Waals surface area contributed by atoms with Gasteiger partial charge < -0.3 is 4.90 Å². The maximum Gasteiger partial charge on any atom is 0.219 e. The number of allylic oxidation sites excluding steroid dienone is 8. The molecule has 43 heavy (non-hydrogen) atoms. The number of benzene rings is 4. The van der Waals surface area contributed by atoms with Crippen molar-refractivity contribution in [3.05, 3.63) is 179 Å². The Morgan fingerprint density at radius 3 is 2.30 bits per heavy atom. The zero-order valence-corrected chi connectivity index (χ0v) is 24.7. The standard InChI is InChI=1S/C40H32ClN2/c41-40-32(24-22-30-26-28-42(34-14-3-1-4-15-34)38-20-9-7-18-36(30)38)12-11-13-33(40)25-23-31-27-29-43(35-16-5-2-6-17-35)39-21-10-8-19-37(31)39/h1-10,14-29H,11-13H2/q+1. The van der Waals surface area contributed by atoms with Gasteiger partial charge in [0.25, 0.3) is 0 Å². The van der Waals surface area contributed by atoms with Crippen LogP contribution in [0.1, 0.15) is 30.4 Å². The van der Waals surface area contributed by atoms with Crippen molar-refractivity contribution in [2.24, 2.45) is 0 Å². The molecule has 0 fully saturated rings. The highest BCUT2D eigenvalue weighted by molar-refractivity contribution is 6.32. The Morgan fingerprint density at radius 1 is 0.698 bits per heavy atom. The lowest BCUT2D eigenvalue weighted by atomic mass is 9.92. The molecule has 0 N–H and O–H groups in total. The van der Waals surface area contributed by atoms with Crippen LogP contribution >= 0.6 is 11.6 Å². The summed E-state index contributed by atoms with van der Waals surface area (Å²) in [4.78, 5) is 2.24. The summed E-state index contributed by atoms with van der Waals surface area (Å²) in [6.45, 7) is 0. The van der Waals surface area contributed by atoms with Gasteiger partial charge in [0.15, 0.2) is 6.20 Å². The summed E-state index contributed by atoms with van der Waals surface area (Å²) in [5.41, 5.74) is 10.6. The van der Waals surface area contributed by atoms with E-state index in [0.29, 0.717) is 0 Å². The molecule has 7 rings (SSSR count). The second-order valence-electron chi connectivity index (χ2n) is 10.9. The summed E-state index contributed by atoms with van der Waals surface area (Å²) in [5, 5.41) is 2.09. The Balaban J connectivity index is 1.19. The molecule has 1 aliphatic carbocycles. The Hall–Kier alpha value is -4.92. The van der Waals surface area contributed by atoms with E-state index >= 15 is 0 Å². The Bertz CT molecular complexity index is 1950. The van der Waals surface area contributed by atoms with E-state index in [1.54, 1.807) is 0 Å². The highest BCUT2D eigenvalue weighted by Crippen LogP contribution is 2.38. The minimum absolute atomic E-state index is 0.873. The molecule has 0 radical (unpaired) electrons. The predicted molar refractivity (Wildman–Crippen MR) is 181 cm³/mol. The fourth-order valence-corrected chi connectivity index (χ4v) is 6.33. The van der Waals surface area contributed by atoms with E-state index < -0.39 is 0 Å². The summed E-state index contributed by atoms with van der Waals surface area (Å²) in [5.74, 6) is 0. The number of rotatable bonds is 5. The fourth-order valence-electron chi connectivity index (χ4n) is 6.01. The highest BCUT2D eigenvalue weighted by Gasteiger charge is 2.18. The number of hydrogen-bond donors (Lipinski definition) is 0. The number of anilines is 2. The lowest BCUT2D eigenvalue weighted by Crippen LogP contribution is -2.31. The minimum atomic E-state index is 0.873. The van der Waals surface area contributed by atoms with Gasteiger partial charge in [0.1, 0.15) is 0 Å². The van der Waals surface area contributed by atoms with Crippen LogP contribution in [0.25, 0.3) is 28.2 Å². The number of pyridine rings is 1. The smallest absolute Gasteiger partial charge is 0.219 e. The monoisotopic (exact) mass is 575 g/mol. The number of para-hydroxylation sites is 4. The first-order valence-electron chi connectivity index (χ1n) is 14.8. The van der Waals surface area contributed by atoms with Crippen LogP contribution < -0.4 is 9.47 Å². The van der Waals surface area contributed by atoms with Gasteiger partial charge in [-0.2, -0.15) is 4.57 Å². The van der Waals surface area contributed by atoms with E-state index in [4.69, 9.17) is 11.6 Å². The molecule has 3 heteroatoms. The van der Waals surface area contributed by atoms with Crippen LogP contribution in [0.4, 0.5) is 11.4 Å². The van der Waals surface area contributed by atoms with Gasteiger partial charge in [0.2, 0.25) is 11.2 Å². The molecule has 0 atom stereocenters. The van der Waals surface area contributed by atoms with Crippen LogP contribution in [0.5, 0.6) is 0 Å². The van der Waals surface area contributed by atoms with E-state index in [-0.39, 0.29) is 0 Å². The van der Waals surface area contributed by atoms with Crippen molar-refractivity contribution >= 4 is 45.5 Å².